The van der Waals surface area contributed by atoms with Crippen LogP contribution in [0.15, 0.2) is 379 Å². The van der Waals surface area contributed by atoms with Gasteiger partial charge in [0.15, 0.2) is 0 Å². The van der Waals surface area contributed by atoms with Crippen molar-refractivity contribution in [1.29, 1.82) is 0 Å². The van der Waals surface area contributed by atoms with Crippen LogP contribution in [0.3, 0.4) is 0 Å². The van der Waals surface area contributed by atoms with Crippen molar-refractivity contribution in [3.8, 4) is 100 Å². The molecule has 0 aliphatic rings. The van der Waals surface area contributed by atoms with E-state index in [0.29, 0.717) is 5.46 Å². The zero-order chi connectivity index (χ0) is 65.6. The Hall–Kier alpha value is -11.0. The van der Waals surface area contributed by atoms with Gasteiger partial charge in [0.25, 0.3) is 0 Å². The van der Waals surface area contributed by atoms with E-state index in [4.69, 9.17) is 10.0 Å². The van der Waals surface area contributed by atoms with Gasteiger partial charge >= 0.3 is 7.12 Å². The molecule has 0 aliphatic heterocycles. The average molecular weight is 1370 g/mol. The summed E-state index contributed by atoms with van der Waals surface area (Å²) >= 11 is 7.48. The van der Waals surface area contributed by atoms with Crippen molar-refractivity contribution in [1.82, 2.24) is 0 Å². The van der Waals surface area contributed by atoms with Crippen LogP contribution in [-0.4, -0.2) is 17.2 Å². The van der Waals surface area contributed by atoms with Crippen molar-refractivity contribution in [2.24, 2.45) is 0 Å². The minimum atomic E-state index is -1.41. The van der Waals surface area contributed by atoms with Crippen LogP contribution in [0.1, 0.15) is 0 Å². The lowest BCUT2D eigenvalue weighted by Crippen LogP contribution is -2.29. The molecule has 0 unspecified atom stereocenters. The molecule has 97 heavy (non-hydrogen) atoms. The molecule has 0 heterocycles. The SMILES string of the molecule is Brc1ccc2c(-c3ccccc3)c(Br)ccc2c1-c1ccccc1.OB(O)c1ccc(-c2ccc3ccccc3c2)cc1.c1ccc(-c2c(-c3ccc(-c4ccc5ccccc5c4)cc3)ccc3c(-c4ccccc4)c(-c4ccc(-c5ccc6ccccc6c5)cc4)ccc23)cc1. The minimum absolute atomic E-state index is 0.504. The predicted octanol–water partition coefficient (Wildman–Crippen LogP) is 25.0. The summed E-state index contributed by atoms with van der Waals surface area (Å²) < 4.78 is 2.23. The third kappa shape index (κ3) is 13.1. The summed E-state index contributed by atoms with van der Waals surface area (Å²) in [7, 11) is -1.41. The zero-order valence-corrected chi connectivity index (χ0v) is 56.1. The fourth-order valence-electron chi connectivity index (χ4n) is 13.5. The predicted molar refractivity (Wildman–Crippen MR) is 421 cm³/mol. The fraction of sp³-hybridized carbons (Fsp3) is 0. The first-order chi connectivity index (χ1) is 47.8. The maximum atomic E-state index is 9.08. The molecule has 0 amide bonds. The molecule has 0 saturated carbocycles. The van der Waals surface area contributed by atoms with Gasteiger partial charge in [-0.15, -0.1) is 0 Å². The monoisotopic (exact) mass is 1370 g/mol. The van der Waals surface area contributed by atoms with Crippen LogP contribution in [0.25, 0.3) is 154 Å². The standard InChI is InChI=1S/C54H36.C22H14Br2.C16H13BO2/c1-3-13-43(14-4-1)53-49(41-25-19-39(20-26-41)47-29-23-37-11-7-9-17-45(37)35-47)31-34-52-51(53)33-32-50(54(52)44-15-5-2-6-16-44)42-27-21-40(22-28-42)48-30-24-38-12-8-10-18-46(38)36-48;23-19-13-12-18-17(21(19)15-7-3-1-4-8-15)11-14-20(24)22(18)16-9-5-2-6-10-16;18-17(19)16-9-7-13(8-10-16)15-6-5-12-3-1-2-4-14(12)11-15/h1-36H;1-14H;1-11,18-19H. The summed E-state index contributed by atoms with van der Waals surface area (Å²) in [5.41, 5.74) is 22.3. The molecule has 0 spiro atoms. The second kappa shape index (κ2) is 28.1. The first-order valence-electron chi connectivity index (χ1n) is 32.6. The van der Waals surface area contributed by atoms with Gasteiger partial charge in [-0.3, -0.25) is 0 Å². The van der Waals surface area contributed by atoms with Crippen molar-refractivity contribution < 1.29 is 10.0 Å². The van der Waals surface area contributed by atoms with Crippen molar-refractivity contribution in [2.45, 2.75) is 0 Å². The minimum Gasteiger partial charge on any atom is -0.423 e. The lowest BCUT2D eigenvalue weighted by Gasteiger charge is -2.20. The molecular formula is C92H63BBr2O2. The number of halogens is 2. The molecule has 2 nitrogen and oxygen atoms in total. The van der Waals surface area contributed by atoms with Gasteiger partial charge in [0.1, 0.15) is 0 Å². The summed E-state index contributed by atoms with van der Waals surface area (Å²) in [6.45, 7) is 0. The highest BCUT2D eigenvalue weighted by atomic mass is 79.9. The highest BCUT2D eigenvalue weighted by molar-refractivity contribution is 9.11. The van der Waals surface area contributed by atoms with Gasteiger partial charge in [0, 0.05) is 20.1 Å². The Bertz CT molecular complexity index is 5360. The summed E-state index contributed by atoms with van der Waals surface area (Å²) in [6.07, 6.45) is 0. The second-order valence-electron chi connectivity index (χ2n) is 24.3. The van der Waals surface area contributed by atoms with Gasteiger partial charge in [-0.2, -0.15) is 0 Å². The largest absolute Gasteiger partial charge is 0.488 e. The molecule has 0 aliphatic carbocycles. The molecule has 17 rings (SSSR count). The summed E-state index contributed by atoms with van der Waals surface area (Å²) in [6, 6.07) is 131. The van der Waals surface area contributed by atoms with Crippen LogP contribution in [0, 0.1) is 0 Å². The molecule has 5 heteroatoms. The highest BCUT2D eigenvalue weighted by Crippen LogP contribution is 2.47. The van der Waals surface area contributed by atoms with Gasteiger partial charge in [0.05, 0.1) is 0 Å². The lowest BCUT2D eigenvalue weighted by atomic mass is 9.80. The summed E-state index contributed by atoms with van der Waals surface area (Å²) in [5, 5.41) is 30.6. The maximum absolute atomic E-state index is 9.08. The number of rotatable bonds is 10. The third-order valence-electron chi connectivity index (χ3n) is 18.4. The van der Waals surface area contributed by atoms with E-state index >= 15 is 0 Å². The second-order valence-corrected chi connectivity index (χ2v) is 26.0. The van der Waals surface area contributed by atoms with Crippen LogP contribution in [0.5, 0.6) is 0 Å². The molecule has 0 saturated heterocycles. The van der Waals surface area contributed by atoms with Gasteiger partial charge in [-0.05, 0) is 179 Å². The van der Waals surface area contributed by atoms with Crippen molar-refractivity contribution in [3.05, 3.63) is 379 Å². The molecule has 17 aromatic carbocycles. The molecule has 0 radical (unpaired) electrons. The van der Waals surface area contributed by atoms with Crippen LogP contribution in [0.2, 0.25) is 0 Å². The van der Waals surface area contributed by atoms with E-state index in [0.717, 1.165) is 20.1 Å². The Kier molecular flexibility index (Phi) is 18.0. The van der Waals surface area contributed by atoms with Crippen molar-refractivity contribution >= 4 is 98.3 Å². The van der Waals surface area contributed by atoms with Crippen molar-refractivity contribution in [3.63, 3.8) is 0 Å². The number of fused-ring (bicyclic) bond motifs is 5. The van der Waals surface area contributed by atoms with Crippen molar-refractivity contribution in [2.75, 3.05) is 0 Å². The molecule has 0 fully saturated rings. The molecule has 460 valence electrons. The summed E-state index contributed by atoms with van der Waals surface area (Å²) in [4.78, 5) is 0. The molecule has 0 bridgehead atoms. The molecular weight excluding hydrogens is 1310 g/mol. The number of benzene rings is 17. The molecule has 0 aromatic heterocycles. The Morgan fingerprint density at radius 3 is 0.753 bits per heavy atom. The number of hydrogen-bond donors (Lipinski definition) is 2. The van der Waals surface area contributed by atoms with E-state index < -0.39 is 7.12 Å². The maximum Gasteiger partial charge on any atom is 0.488 e. The topological polar surface area (TPSA) is 40.5 Å². The van der Waals surface area contributed by atoms with E-state index in [1.165, 1.54) is 143 Å². The molecule has 2 N–H and O–H groups in total. The number of hydrogen-bond acceptors (Lipinski definition) is 2. The van der Waals surface area contributed by atoms with Gasteiger partial charge in [-0.1, -0.05) is 372 Å². The lowest BCUT2D eigenvalue weighted by molar-refractivity contribution is 0.426. The third-order valence-corrected chi connectivity index (χ3v) is 19.7. The van der Waals surface area contributed by atoms with Gasteiger partial charge < -0.3 is 10.0 Å². The highest BCUT2D eigenvalue weighted by Gasteiger charge is 2.20. The van der Waals surface area contributed by atoms with E-state index in [1.54, 1.807) is 12.1 Å². The average Bonchev–Trinajstić information content (AvgIpc) is 0.760. The van der Waals surface area contributed by atoms with E-state index in [-0.39, 0.29) is 0 Å². The smallest absolute Gasteiger partial charge is 0.423 e. The zero-order valence-electron chi connectivity index (χ0n) is 52.9. The molecule has 17 aromatic rings. The van der Waals surface area contributed by atoms with Crippen LogP contribution in [0.4, 0.5) is 0 Å². The Morgan fingerprint density at radius 2 is 0.433 bits per heavy atom. The van der Waals surface area contributed by atoms with Crippen LogP contribution < -0.4 is 5.46 Å². The molecule has 0 atom stereocenters. The first kappa shape index (κ1) is 62.1. The normalized spacial score (nSPS) is 11.1. The Balaban J connectivity index is 0.000000146. The van der Waals surface area contributed by atoms with E-state index in [2.05, 4.69) is 366 Å². The fourth-order valence-corrected chi connectivity index (χ4v) is 14.7. The first-order valence-corrected chi connectivity index (χ1v) is 34.2. The summed E-state index contributed by atoms with van der Waals surface area (Å²) in [5.74, 6) is 0. The van der Waals surface area contributed by atoms with E-state index in [9.17, 15) is 0 Å². The van der Waals surface area contributed by atoms with E-state index in [1.807, 2.05) is 24.3 Å². The van der Waals surface area contributed by atoms with Crippen LogP contribution >= 0.6 is 31.9 Å². The Morgan fingerprint density at radius 1 is 0.186 bits per heavy atom. The Labute approximate surface area is 583 Å². The van der Waals surface area contributed by atoms with Gasteiger partial charge in [-0.25, -0.2) is 0 Å². The quantitative estimate of drug-likeness (QED) is 0.134. The van der Waals surface area contributed by atoms with Crippen LogP contribution in [-0.2, 0) is 0 Å². The van der Waals surface area contributed by atoms with Gasteiger partial charge in [0.2, 0.25) is 0 Å².